The van der Waals surface area contributed by atoms with Crippen LogP contribution in [-0.4, -0.2) is 55.6 Å². The SMILES string of the molecule is COc1ccccc1OCC(O)CN(Cc1ccc(C)o1)CC1CCCO1. The average molecular weight is 375 g/mol. The number of aryl methyl sites for hydroxylation is 1. The number of aliphatic hydroxyl groups is 1. The Morgan fingerprint density at radius 1 is 1.22 bits per heavy atom. The first kappa shape index (κ1) is 19.7. The van der Waals surface area contributed by atoms with Gasteiger partial charge >= 0.3 is 0 Å². The van der Waals surface area contributed by atoms with Gasteiger partial charge in [0.25, 0.3) is 0 Å². The molecular formula is C21H29NO5. The van der Waals surface area contributed by atoms with Gasteiger partial charge in [0, 0.05) is 19.7 Å². The molecule has 148 valence electrons. The topological polar surface area (TPSA) is 64.3 Å². The summed E-state index contributed by atoms with van der Waals surface area (Å²) < 4.78 is 22.5. The van der Waals surface area contributed by atoms with Crippen LogP contribution in [0, 0.1) is 6.92 Å². The molecule has 6 nitrogen and oxygen atoms in total. The fraction of sp³-hybridized carbons (Fsp3) is 0.524. The Morgan fingerprint density at radius 2 is 2.04 bits per heavy atom. The Morgan fingerprint density at radius 3 is 2.70 bits per heavy atom. The van der Waals surface area contributed by atoms with E-state index >= 15 is 0 Å². The number of benzene rings is 1. The van der Waals surface area contributed by atoms with Gasteiger partial charge in [-0.15, -0.1) is 0 Å². The first-order valence-corrected chi connectivity index (χ1v) is 9.47. The number of rotatable bonds is 10. The number of aliphatic hydroxyl groups excluding tert-OH is 1. The molecule has 0 spiro atoms. The summed E-state index contributed by atoms with van der Waals surface area (Å²) in [5, 5.41) is 10.5. The molecule has 2 aromatic rings. The molecule has 1 N–H and O–H groups in total. The van der Waals surface area contributed by atoms with Crippen molar-refractivity contribution in [1.29, 1.82) is 0 Å². The van der Waals surface area contributed by atoms with Crippen molar-refractivity contribution in [2.24, 2.45) is 0 Å². The molecule has 1 aliphatic rings. The third-order valence-corrected chi connectivity index (χ3v) is 4.63. The summed E-state index contributed by atoms with van der Waals surface area (Å²) in [7, 11) is 1.60. The maximum Gasteiger partial charge on any atom is 0.161 e. The predicted molar refractivity (Wildman–Crippen MR) is 102 cm³/mol. The molecule has 1 saturated heterocycles. The molecule has 0 amide bonds. The third-order valence-electron chi connectivity index (χ3n) is 4.63. The maximum atomic E-state index is 10.5. The fourth-order valence-corrected chi connectivity index (χ4v) is 3.35. The summed E-state index contributed by atoms with van der Waals surface area (Å²) in [5.74, 6) is 3.07. The highest BCUT2D eigenvalue weighted by molar-refractivity contribution is 5.39. The maximum absolute atomic E-state index is 10.5. The first-order valence-electron chi connectivity index (χ1n) is 9.47. The second-order valence-corrected chi connectivity index (χ2v) is 6.96. The van der Waals surface area contributed by atoms with Crippen LogP contribution in [-0.2, 0) is 11.3 Å². The van der Waals surface area contributed by atoms with Gasteiger partial charge < -0.3 is 23.7 Å². The van der Waals surface area contributed by atoms with Crippen molar-refractivity contribution in [2.45, 2.75) is 38.5 Å². The molecule has 0 aliphatic carbocycles. The van der Waals surface area contributed by atoms with Gasteiger partial charge in [0.1, 0.15) is 24.2 Å². The van der Waals surface area contributed by atoms with Gasteiger partial charge in [0.05, 0.1) is 19.8 Å². The number of nitrogens with zero attached hydrogens (tertiary/aromatic N) is 1. The van der Waals surface area contributed by atoms with E-state index in [1.807, 2.05) is 43.3 Å². The number of hydrogen-bond donors (Lipinski definition) is 1. The van der Waals surface area contributed by atoms with Crippen LogP contribution in [0.2, 0.25) is 0 Å². The lowest BCUT2D eigenvalue weighted by Gasteiger charge is -2.26. The normalized spacial score (nSPS) is 18.0. The highest BCUT2D eigenvalue weighted by atomic mass is 16.5. The highest BCUT2D eigenvalue weighted by Gasteiger charge is 2.22. The van der Waals surface area contributed by atoms with E-state index in [-0.39, 0.29) is 12.7 Å². The van der Waals surface area contributed by atoms with E-state index in [1.165, 1.54) is 0 Å². The Bertz CT molecular complexity index is 695. The summed E-state index contributed by atoms with van der Waals surface area (Å²) in [4.78, 5) is 2.17. The van der Waals surface area contributed by atoms with Crippen LogP contribution < -0.4 is 9.47 Å². The number of methoxy groups -OCH3 is 1. The summed E-state index contributed by atoms with van der Waals surface area (Å²) in [6, 6.07) is 11.4. The van der Waals surface area contributed by atoms with Gasteiger partial charge in [0.15, 0.2) is 11.5 Å². The summed E-state index contributed by atoms with van der Waals surface area (Å²) in [6.45, 7) is 4.83. The van der Waals surface area contributed by atoms with E-state index in [0.29, 0.717) is 24.6 Å². The number of hydrogen-bond acceptors (Lipinski definition) is 6. The van der Waals surface area contributed by atoms with Crippen molar-refractivity contribution < 1.29 is 23.7 Å². The monoisotopic (exact) mass is 375 g/mol. The number of ether oxygens (including phenoxy) is 3. The molecule has 0 saturated carbocycles. The predicted octanol–water partition coefficient (Wildman–Crippen LogP) is 3.02. The highest BCUT2D eigenvalue weighted by Crippen LogP contribution is 2.26. The molecule has 1 aliphatic heterocycles. The Hall–Kier alpha value is -2.02. The van der Waals surface area contributed by atoms with Crippen molar-refractivity contribution in [1.82, 2.24) is 4.90 Å². The van der Waals surface area contributed by atoms with Crippen LogP contribution in [0.3, 0.4) is 0 Å². The molecule has 0 radical (unpaired) electrons. The minimum absolute atomic E-state index is 0.194. The van der Waals surface area contributed by atoms with E-state index in [9.17, 15) is 5.11 Å². The standard InChI is InChI=1S/C21H29NO5/c1-16-9-10-19(27-16)14-22(13-18-6-5-11-25-18)12-17(23)15-26-21-8-4-3-7-20(21)24-2/h3-4,7-10,17-18,23H,5-6,11-15H2,1-2H3. The Labute approximate surface area is 160 Å². The van der Waals surface area contributed by atoms with Gasteiger partial charge in [0.2, 0.25) is 0 Å². The van der Waals surface area contributed by atoms with Crippen molar-refractivity contribution in [2.75, 3.05) is 33.4 Å². The molecule has 1 fully saturated rings. The molecule has 2 unspecified atom stereocenters. The zero-order chi connectivity index (χ0) is 19.1. The molecule has 2 atom stereocenters. The molecular weight excluding hydrogens is 346 g/mol. The average Bonchev–Trinajstić information content (AvgIpc) is 3.32. The molecule has 1 aromatic heterocycles. The van der Waals surface area contributed by atoms with E-state index < -0.39 is 6.10 Å². The summed E-state index contributed by atoms with van der Waals surface area (Å²) >= 11 is 0. The van der Waals surface area contributed by atoms with E-state index in [2.05, 4.69) is 4.90 Å². The Kier molecular flexibility index (Phi) is 7.15. The van der Waals surface area contributed by atoms with Gasteiger partial charge in [-0.3, -0.25) is 4.90 Å². The van der Waals surface area contributed by atoms with Crippen molar-refractivity contribution in [3.8, 4) is 11.5 Å². The fourth-order valence-electron chi connectivity index (χ4n) is 3.35. The smallest absolute Gasteiger partial charge is 0.161 e. The van der Waals surface area contributed by atoms with Crippen molar-refractivity contribution >= 4 is 0 Å². The van der Waals surface area contributed by atoms with Gasteiger partial charge in [-0.25, -0.2) is 0 Å². The van der Waals surface area contributed by atoms with Gasteiger partial charge in [-0.2, -0.15) is 0 Å². The van der Waals surface area contributed by atoms with Crippen LogP contribution in [0.25, 0.3) is 0 Å². The van der Waals surface area contributed by atoms with Crippen LogP contribution in [0.4, 0.5) is 0 Å². The lowest BCUT2D eigenvalue weighted by atomic mass is 10.2. The largest absolute Gasteiger partial charge is 0.493 e. The zero-order valence-electron chi connectivity index (χ0n) is 16.1. The van der Waals surface area contributed by atoms with Gasteiger partial charge in [-0.1, -0.05) is 12.1 Å². The van der Waals surface area contributed by atoms with Crippen LogP contribution in [0.15, 0.2) is 40.8 Å². The number of furan rings is 1. The lowest BCUT2D eigenvalue weighted by molar-refractivity contribution is 0.0286. The summed E-state index contributed by atoms with van der Waals surface area (Å²) in [6.07, 6.45) is 1.73. The van der Waals surface area contributed by atoms with Crippen LogP contribution >= 0.6 is 0 Å². The second kappa shape index (κ2) is 9.78. The van der Waals surface area contributed by atoms with E-state index in [1.54, 1.807) is 7.11 Å². The first-order chi connectivity index (χ1) is 13.1. The quantitative estimate of drug-likeness (QED) is 0.689. The van der Waals surface area contributed by atoms with E-state index in [4.69, 9.17) is 18.6 Å². The van der Waals surface area contributed by atoms with Gasteiger partial charge in [-0.05, 0) is 44.0 Å². The number of para-hydroxylation sites is 2. The minimum Gasteiger partial charge on any atom is -0.493 e. The molecule has 1 aromatic carbocycles. The third kappa shape index (κ3) is 5.99. The second-order valence-electron chi connectivity index (χ2n) is 6.96. The lowest BCUT2D eigenvalue weighted by Crippen LogP contribution is -2.39. The van der Waals surface area contributed by atoms with Crippen molar-refractivity contribution in [3.05, 3.63) is 47.9 Å². The molecule has 27 heavy (non-hydrogen) atoms. The zero-order valence-corrected chi connectivity index (χ0v) is 16.1. The van der Waals surface area contributed by atoms with Crippen LogP contribution in [0.5, 0.6) is 11.5 Å². The Balaban J connectivity index is 1.56. The molecule has 0 bridgehead atoms. The van der Waals surface area contributed by atoms with Crippen molar-refractivity contribution in [3.63, 3.8) is 0 Å². The van der Waals surface area contributed by atoms with E-state index in [0.717, 1.165) is 37.5 Å². The minimum atomic E-state index is -0.632. The van der Waals surface area contributed by atoms with Crippen LogP contribution in [0.1, 0.15) is 24.4 Å². The molecule has 6 heteroatoms. The molecule has 2 heterocycles. The summed E-state index contributed by atoms with van der Waals surface area (Å²) in [5.41, 5.74) is 0. The molecule has 3 rings (SSSR count).